The molecule has 0 saturated carbocycles. The highest BCUT2D eigenvalue weighted by molar-refractivity contribution is 7.85. The minimum Gasteiger partial charge on any atom is -0.491 e. The lowest BCUT2D eigenvalue weighted by molar-refractivity contribution is -0.703. The highest BCUT2D eigenvalue weighted by Gasteiger charge is 2.15. The number of carbonyl (C=O) groups is 1. The smallest absolute Gasteiger partial charge is 0.341 e. The third kappa shape index (κ3) is 6.08. The van der Waals surface area contributed by atoms with Crippen molar-refractivity contribution in [3.8, 4) is 5.75 Å². The summed E-state index contributed by atoms with van der Waals surface area (Å²) in [4.78, 5) is 10.9. The summed E-state index contributed by atoms with van der Waals surface area (Å²) < 4.78 is 32.6. The van der Waals surface area contributed by atoms with E-state index in [-0.39, 0.29) is 18.7 Å². The van der Waals surface area contributed by atoms with Crippen LogP contribution in [0.3, 0.4) is 0 Å². The highest BCUT2D eigenvalue weighted by atomic mass is 32.2. The Kier molecular flexibility index (Phi) is 6.64. The van der Waals surface area contributed by atoms with Gasteiger partial charge in [0.15, 0.2) is 18.9 Å². The number of benzene rings is 1. The van der Waals surface area contributed by atoms with Crippen LogP contribution in [0.4, 0.5) is 0 Å². The lowest BCUT2D eigenvalue weighted by Crippen LogP contribution is -2.42. The molecule has 2 rings (SSSR count). The molecular formula is C16H18NO8S+. The number of carboxylic acid groups (broad SMARTS) is 1. The van der Waals surface area contributed by atoms with Crippen LogP contribution in [0, 0.1) is 0 Å². The Bertz CT molecular complexity index is 851. The van der Waals surface area contributed by atoms with Gasteiger partial charge in [-0.25, -0.2) is 14.6 Å². The third-order valence-electron chi connectivity index (χ3n) is 3.35. The number of aliphatic hydroxyl groups excluding tert-OH is 1. The lowest BCUT2D eigenvalue weighted by atomic mass is 10.2. The number of aromatic nitrogens is 1. The van der Waals surface area contributed by atoms with Crippen molar-refractivity contribution >= 4 is 16.1 Å². The van der Waals surface area contributed by atoms with Crippen molar-refractivity contribution in [2.45, 2.75) is 18.4 Å². The number of aliphatic hydroxyl groups is 1. The predicted octanol–water partition coefficient (Wildman–Crippen LogP) is 0.432. The maximum Gasteiger partial charge on any atom is 0.341 e. The summed E-state index contributed by atoms with van der Waals surface area (Å²) in [6.07, 6.45) is 2.16. The van der Waals surface area contributed by atoms with E-state index in [2.05, 4.69) is 4.33 Å². The second kappa shape index (κ2) is 8.72. The van der Waals surface area contributed by atoms with Crippen molar-refractivity contribution in [1.82, 2.24) is 0 Å². The standard InChI is InChI=1S/C16H17NO8S/c18-14(9-17-7-1-2-13(8-17)16(19)20)10-24-15-5-3-12(4-6-15)11-26(22,23)25-21/h1-8,14,18H,9-11H2,(H-,19,20,21)/p+1. The molecule has 3 N–H and O–H groups in total. The second-order valence-corrected chi connectivity index (χ2v) is 7.03. The maximum absolute atomic E-state index is 11.1. The summed E-state index contributed by atoms with van der Waals surface area (Å²) in [6.45, 7) is 0.104. The first-order valence-electron chi connectivity index (χ1n) is 7.47. The number of rotatable bonds is 9. The molecule has 140 valence electrons. The van der Waals surface area contributed by atoms with Crippen molar-refractivity contribution in [2.75, 3.05) is 6.61 Å². The van der Waals surface area contributed by atoms with Crippen LogP contribution in [0.1, 0.15) is 15.9 Å². The van der Waals surface area contributed by atoms with Crippen LogP contribution in [-0.2, 0) is 26.7 Å². The average Bonchev–Trinajstić information content (AvgIpc) is 2.61. The summed E-state index contributed by atoms with van der Waals surface area (Å²) in [6, 6.07) is 9.04. The van der Waals surface area contributed by atoms with Crippen LogP contribution >= 0.6 is 0 Å². The fourth-order valence-corrected chi connectivity index (χ4v) is 2.82. The van der Waals surface area contributed by atoms with Gasteiger partial charge in [-0.15, -0.1) is 4.33 Å². The van der Waals surface area contributed by atoms with E-state index < -0.39 is 27.9 Å². The summed E-state index contributed by atoms with van der Waals surface area (Å²) in [5.74, 6) is -1.12. The number of pyridine rings is 1. The molecule has 1 aromatic heterocycles. The molecule has 0 fully saturated rings. The Balaban J connectivity index is 1.88. The minimum atomic E-state index is -4.03. The fraction of sp³-hybridized carbons (Fsp3) is 0.250. The molecule has 0 spiro atoms. The molecule has 1 atom stereocenters. The van der Waals surface area contributed by atoms with Gasteiger partial charge in [-0.2, -0.15) is 8.42 Å². The quantitative estimate of drug-likeness (QED) is 0.322. The Hall–Kier alpha value is -2.53. The first kappa shape index (κ1) is 19.8. The van der Waals surface area contributed by atoms with Crippen LogP contribution in [0.15, 0.2) is 48.8 Å². The normalized spacial score (nSPS) is 12.5. The molecule has 9 nitrogen and oxygen atoms in total. The number of hydrogen-bond donors (Lipinski definition) is 3. The van der Waals surface area contributed by atoms with Gasteiger partial charge in [0.2, 0.25) is 0 Å². The number of ether oxygens (including phenoxy) is 1. The number of carboxylic acids is 1. The first-order valence-corrected chi connectivity index (χ1v) is 9.05. The zero-order valence-electron chi connectivity index (χ0n) is 13.6. The van der Waals surface area contributed by atoms with Crippen molar-refractivity contribution < 1.29 is 42.3 Å². The van der Waals surface area contributed by atoms with Crippen molar-refractivity contribution in [1.29, 1.82) is 0 Å². The van der Waals surface area contributed by atoms with Crippen LogP contribution in [0.5, 0.6) is 5.75 Å². The molecule has 1 unspecified atom stereocenters. The van der Waals surface area contributed by atoms with E-state index in [1.165, 1.54) is 36.5 Å². The lowest BCUT2D eigenvalue weighted by Gasteiger charge is -2.10. The van der Waals surface area contributed by atoms with E-state index in [4.69, 9.17) is 15.1 Å². The van der Waals surface area contributed by atoms with Crippen molar-refractivity contribution in [2.24, 2.45) is 0 Å². The van der Waals surface area contributed by atoms with E-state index in [0.717, 1.165) is 0 Å². The van der Waals surface area contributed by atoms with Crippen LogP contribution in [0.25, 0.3) is 0 Å². The van der Waals surface area contributed by atoms with Gasteiger partial charge in [0.25, 0.3) is 10.1 Å². The zero-order valence-corrected chi connectivity index (χ0v) is 14.4. The summed E-state index contributed by atoms with van der Waals surface area (Å²) in [7, 11) is -4.03. The van der Waals surface area contributed by atoms with Crippen molar-refractivity contribution in [3.05, 3.63) is 59.9 Å². The van der Waals surface area contributed by atoms with E-state index in [0.29, 0.717) is 11.3 Å². The molecule has 0 radical (unpaired) electrons. The number of nitrogens with zero attached hydrogens (tertiary/aromatic N) is 1. The number of hydrogen-bond acceptors (Lipinski definition) is 7. The topological polar surface area (TPSA) is 134 Å². The fourth-order valence-electron chi connectivity index (χ4n) is 2.16. The second-order valence-electron chi connectivity index (χ2n) is 5.48. The molecule has 26 heavy (non-hydrogen) atoms. The Morgan fingerprint density at radius 2 is 1.88 bits per heavy atom. The summed E-state index contributed by atoms with van der Waals surface area (Å²) in [5.41, 5.74) is 0.506. The van der Waals surface area contributed by atoms with Gasteiger partial charge in [-0.1, -0.05) is 12.1 Å². The minimum absolute atomic E-state index is 0.0400. The Morgan fingerprint density at radius 3 is 2.50 bits per heavy atom. The van der Waals surface area contributed by atoms with E-state index >= 15 is 0 Å². The largest absolute Gasteiger partial charge is 0.491 e. The summed E-state index contributed by atoms with van der Waals surface area (Å²) >= 11 is 0. The molecule has 0 aliphatic carbocycles. The summed E-state index contributed by atoms with van der Waals surface area (Å²) in [5, 5.41) is 27.2. The first-order chi connectivity index (χ1) is 12.3. The van der Waals surface area contributed by atoms with Gasteiger partial charge in [0.1, 0.15) is 29.8 Å². The Labute approximate surface area is 149 Å². The molecule has 0 bridgehead atoms. The van der Waals surface area contributed by atoms with E-state index in [1.54, 1.807) is 16.8 Å². The maximum atomic E-state index is 11.1. The average molecular weight is 384 g/mol. The van der Waals surface area contributed by atoms with Crippen molar-refractivity contribution in [3.63, 3.8) is 0 Å². The molecular weight excluding hydrogens is 366 g/mol. The molecule has 0 aliphatic heterocycles. The van der Waals surface area contributed by atoms with Gasteiger partial charge in [0.05, 0.1) is 0 Å². The van der Waals surface area contributed by atoms with Gasteiger partial charge in [-0.3, -0.25) is 0 Å². The molecule has 1 aromatic carbocycles. The molecule has 10 heteroatoms. The molecule has 2 aromatic rings. The van der Waals surface area contributed by atoms with Gasteiger partial charge >= 0.3 is 5.97 Å². The van der Waals surface area contributed by atoms with Gasteiger partial charge < -0.3 is 14.9 Å². The van der Waals surface area contributed by atoms with Crippen LogP contribution < -0.4 is 9.30 Å². The highest BCUT2D eigenvalue weighted by Crippen LogP contribution is 2.15. The van der Waals surface area contributed by atoms with E-state index in [1.807, 2.05) is 0 Å². The molecule has 0 amide bonds. The number of aromatic carboxylic acids is 1. The van der Waals surface area contributed by atoms with Gasteiger partial charge in [-0.05, 0) is 23.8 Å². The van der Waals surface area contributed by atoms with E-state index in [9.17, 15) is 18.3 Å². The molecule has 1 heterocycles. The SMILES string of the molecule is O=C(O)c1ccc[n+](CC(O)COc2ccc(CS(=O)(=O)OO)cc2)c1. The molecule has 0 aliphatic rings. The monoisotopic (exact) mass is 384 g/mol. The van der Waals surface area contributed by atoms with Crippen LogP contribution in [-0.4, -0.2) is 42.6 Å². The Morgan fingerprint density at radius 1 is 1.19 bits per heavy atom. The third-order valence-corrected chi connectivity index (χ3v) is 4.26. The van der Waals surface area contributed by atoms with Crippen LogP contribution in [0.2, 0.25) is 0 Å². The molecule has 0 saturated heterocycles. The zero-order chi connectivity index (χ0) is 19.2. The predicted molar refractivity (Wildman–Crippen MR) is 87.9 cm³/mol. The van der Waals surface area contributed by atoms with Gasteiger partial charge in [0, 0.05) is 6.07 Å².